The zero-order valence-electron chi connectivity index (χ0n) is 7.63. The first-order valence-electron chi connectivity index (χ1n) is 3.79. The van der Waals surface area contributed by atoms with Gasteiger partial charge in [-0.15, -0.1) is 0 Å². The molecule has 1 amide bonds. The van der Waals surface area contributed by atoms with Crippen LogP contribution in [0.5, 0.6) is 5.75 Å². The average Bonchev–Trinajstić information content (AvgIpc) is 2.16. The molecule has 0 aromatic carbocycles. The minimum absolute atomic E-state index is 0.238. The van der Waals surface area contributed by atoms with Gasteiger partial charge in [0.05, 0.1) is 18.2 Å². The fourth-order valence-electron chi connectivity index (χ4n) is 1.09. The molecule has 4 nitrogen and oxygen atoms in total. The molecule has 1 heterocycles. The molecule has 0 saturated heterocycles. The van der Waals surface area contributed by atoms with Crippen LogP contribution in [0.3, 0.4) is 0 Å². The molecule has 0 aliphatic rings. The summed E-state index contributed by atoms with van der Waals surface area (Å²) in [5.41, 5.74) is 3.88. The van der Waals surface area contributed by atoms with Gasteiger partial charge in [0.25, 0.3) is 12.3 Å². The maximum Gasteiger partial charge on any atom is 0.268 e. The van der Waals surface area contributed by atoms with E-state index in [9.17, 15) is 13.6 Å². The van der Waals surface area contributed by atoms with Crippen molar-refractivity contribution in [2.24, 2.45) is 5.73 Å². The second-order valence-electron chi connectivity index (χ2n) is 2.57. The van der Waals surface area contributed by atoms with Gasteiger partial charge in [0.2, 0.25) is 0 Å². The standard InChI is InChI=1S/C8H7ClF2N2O2/c1-15-5-4(7(10)11)3(8(12)14)2-13-6(5)9/h2,7H,1H3,(H2,12,14). The molecule has 2 N–H and O–H groups in total. The molecule has 1 rings (SSSR count). The second kappa shape index (κ2) is 4.39. The van der Waals surface area contributed by atoms with Crippen LogP contribution < -0.4 is 10.5 Å². The molecule has 0 fully saturated rings. The van der Waals surface area contributed by atoms with Crippen molar-refractivity contribution in [3.05, 3.63) is 22.5 Å². The minimum atomic E-state index is -2.91. The van der Waals surface area contributed by atoms with Crippen LogP contribution in [0.25, 0.3) is 0 Å². The van der Waals surface area contributed by atoms with Gasteiger partial charge in [-0.2, -0.15) is 0 Å². The molecular formula is C8H7ClF2N2O2. The number of alkyl halides is 2. The van der Waals surface area contributed by atoms with Crippen LogP contribution in [0, 0.1) is 0 Å². The molecule has 0 aliphatic heterocycles. The van der Waals surface area contributed by atoms with E-state index in [1.165, 1.54) is 0 Å². The van der Waals surface area contributed by atoms with Crippen LogP contribution >= 0.6 is 11.6 Å². The third-order valence-electron chi connectivity index (χ3n) is 1.72. The number of nitrogens with zero attached hydrogens (tertiary/aromatic N) is 1. The Morgan fingerprint density at radius 1 is 1.67 bits per heavy atom. The fraction of sp³-hybridized carbons (Fsp3) is 0.250. The van der Waals surface area contributed by atoms with Crippen LogP contribution in [0.4, 0.5) is 8.78 Å². The van der Waals surface area contributed by atoms with Gasteiger partial charge in [-0.1, -0.05) is 11.6 Å². The Kier molecular flexibility index (Phi) is 3.41. The fourth-order valence-corrected chi connectivity index (χ4v) is 1.32. The van der Waals surface area contributed by atoms with Crippen molar-refractivity contribution in [3.8, 4) is 5.75 Å². The Balaban J connectivity index is 3.49. The van der Waals surface area contributed by atoms with Crippen LogP contribution in [-0.2, 0) is 0 Å². The molecule has 0 saturated carbocycles. The summed E-state index contributed by atoms with van der Waals surface area (Å²) in [4.78, 5) is 14.4. The van der Waals surface area contributed by atoms with Gasteiger partial charge >= 0.3 is 0 Å². The molecule has 0 bridgehead atoms. The Morgan fingerprint density at radius 2 is 2.27 bits per heavy atom. The first-order chi connectivity index (χ1) is 6.99. The van der Waals surface area contributed by atoms with Gasteiger partial charge in [-0.3, -0.25) is 4.79 Å². The number of methoxy groups -OCH3 is 1. The maximum atomic E-state index is 12.6. The number of nitrogens with two attached hydrogens (primary N) is 1. The van der Waals surface area contributed by atoms with Crippen LogP contribution in [-0.4, -0.2) is 18.0 Å². The lowest BCUT2D eigenvalue weighted by Gasteiger charge is -2.11. The normalized spacial score (nSPS) is 10.5. The Labute approximate surface area is 89.0 Å². The highest BCUT2D eigenvalue weighted by Gasteiger charge is 2.24. The number of aromatic nitrogens is 1. The quantitative estimate of drug-likeness (QED) is 0.814. The summed E-state index contributed by atoms with van der Waals surface area (Å²) in [6.45, 7) is 0. The summed E-state index contributed by atoms with van der Waals surface area (Å²) in [6.07, 6.45) is -2.02. The lowest BCUT2D eigenvalue weighted by molar-refractivity contribution is 0.0983. The van der Waals surface area contributed by atoms with Crippen molar-refractivity contribution < 1.29 is 18.3 Å². The van der Waals surface area contributed by atoms with Gasteiger partial charge in [-0.05, 0) is 0 Å². The minimum Gasteiger partial charge on any atom is -0.493 e. The molecule has 1 aromatic rings. The van der Waals surface area contributed by atoms with Crippen LogP contribution in [0.1, 0.15) is 22.3 Å². The lowest BCUT2D eigenvalue weighted by Crippen LogP contribution is -2.15. The van der Waals surface area contributed by atoms with Crippen molar-refractivity contribution in [3.63, 3.8) is 0 Å². The number of carbonyl (C=O) groups excluding carboxylic acids is 1. The summed E-state index contributed by atoms with van der Waals surface area (Å²) in [5.74, 6) is -1.34. The van der Waals surface area contributed by atoms with Crippen molar-refractivity contribution in [1.29, 1.82) is 0 Å². The summed E-state index contributed by atoms with van der Waals surface area (Å²) in [7, 11) is 1.15. The van der Waals surface area contributed by atoms with E-state index in [0.29, 0.717) is 0 Å². The van der Waals surface area contributed by atoms with Gasteiger partial charge in [0.15, 0.2) is 10.9 Å². The largest absolute Gasteiger partial charge is 0.493 e. The molecule has 1 aromatic heterocycles. The Hall–Kier alpha value is -1.43. The highest BCUT2D eigenvalue weighted by Crippen LogP contribution is 2.35. The zero-order chi connectivity index (χ0) is 11.6. The predicted molar refractivity (Wildman–Crippen MR) is 49.3 cm³/mol. The average molecular weight is 237 g/mol. The number of amides is 1. The van der Waals surface area contributed by atoms with E-state index in [2.05, 4.69) is 9.72 Å². The number of primary amides is 1. The molecule has 0 atom stereocenters. The molecular weight excluding hydrogens is 230 g/mol. The van der Waals surface area contributed by atoms with E-state index in [-0.39, 0.29) is 10.9 Å². The highest BCUT2D eigenvalue weighted by atomic mass is 35.5. The molecule has 7 heteroatoms. The summed E-state index contributed by atoms with van der Waals surface area (Å²) < 4.78 is 29.9. The first-order valence-corrected chi connectivity index (χ1v) is 4.17. The molecule has 0 spiro atoms. The highest BCUT2D eigenvalue weighted by molar-refractivity contribution is 6.31. The van der Waals surface area contributed by atoms with Crippen molar-refractivity contribution in [1.82, 2.24) is 4.98 Å². The first kappa shape index (κ1) is 11.6. The van der Waals surface area contributed by atoms with E-state index in [1.807, 2.05) is 0 Å². The summed E-state index contributed by atoms with van der Waals surface area (Å²) in [6, 6.07) is 0. The number of carbonyl (C=O) groups is 1. The van der Waals surface area contributed by atoms with E-state index in [0.717, 1.165) is 13.3 Å². The number of hydrogen-bond acceptors (Lipinski definition) is 3. The van der Waals surface area contributed by atoms with E-state index in [1.54, 1.807) is 0 Å². The monoisotopic (exact) mass is 236 g/mol. The topological polar surface area (TPSA) is 65.2 Å². The predicted octanol–water partition coefficient (Wildman–Crippen LogP) is 1.78. The van der Waals surface area contributed by atoms with E-state index >= 15 is 0 Å². The maximum absolute atomic E-state index is 12.6. The Morgan fingerprint density at radius 3 is 2.67 bits per heavy atom. The second-order valence-corrected chi connectivity index (χ2v) is 2.93. The van der Waals surface area contributed by atoms with Crippen molar-refractivity contribution >= 4 is 17.5 Å². The summed E-state index contributed by atoms with van der Waals surface area (Å²) >= 11 is 5.53. The van der Waals surface area contributed by atoms with Gasteiger partial charge in [-0.25, -0.2) is 13.8 Å². The van der Waals surface area contributed by atoms with Crippen molar-refractivity contribution in [2.45, 2.75) is 6.43 Å². The number of pyridine rings is 1. The Bertz CT molecular complexity index is 398. The van der Waals surface area contributed by atoms with Crippen LogP contribution in [0.15, 0.2) is 6.20 Å². The molecule has 0 unspecified atom stereocenters. The van der Waals surface area contributed by atoms with Gasteiger partial charge < -0.3 is 10.5 Å². The van der Waals surface area contributed by atoms with Gasteiger partial charge in [0.1, 0.15) is 0 Å². The lowest BCUT2D eigenvalue weighted by atomic mass is 10.1. The zero-order valence-corrected chi connectivity index (χ0v) is 8.39. The number of ether oxygens (including phenoxy) is 1. The van der Waals surface area contributed by atoms with E-state index < -0.39 is 23.5 Å². The molecule has 0 aliphatic carbocycles. The third kappa shape index (κ3) is 2.15. The third-order valence-corrected chi connectivity index (χ3v) is 1.99. The van der Waals surface area contributed by atoms with E-state index in [4.69, 9.17) is 17.3 Å². The summed E-state index contributed by atoms with van der Waals surface area (Å²) in [5, 5.41) is -0.238. The number of rotatable bonds is 3. The number of hydrogen-bond donors (Lipinski definition) is 1. The van der Waals surface area contributed by atoms with Gasteiger partial charge in [0, 0.05) is 6.20 Å². The van der Waals surface area contributed by atoms with Crippen LogP contribution in [0.2, 0.25) is 5.15 Å². The molecule has 0 radical (unpaired) electrons. The molecule has 15 heavy (non-hydrogen) atoms. The molecule has 82 valence electrons. The van der Waals surface area contributed by atoms with Crippen molar-refractivity contribution in [2.75, 3.05) is 7.11 Å². The number of halogens is 3. The SMILES string of the molecule is COc1c(Cl)ncc(C(N)=O)c1C(F)F. The smallest absolute Gasteiger partial charge is 0.268 e.